The Labute approximate surface area is 168 Å². The molecule has 1 fully saturated rings. The second kappa shape index (κ2) is 7.79. The fraction of sp³-hybridized carbons (Fsp3) is 0.450. The Bertz CT molecular complexity index is 974. The highest BCUT2D eigenvalue weighted by Gasteiger charge is 2.28. The molecule has 0 unspecified atom stereocenters. The first-order chi connectivity index (χ1) is 13.5. The molecule has 1 aliphatic rings. The van der Waals surface area contributed by atoms with Gasteiger partial charge in [0.05, 0.1) is 16.8 Å². The summed E-state index contributed by atoms with van der Waals surface area (Å²) in [4.78, 5) is 21.6. The number of aryl methyl sites for hydroxylation is 1. The van der Waals surface area contributed by atoms with Crippen molar-refractivity contribution in [3.05, 3.63) is 36.2 Å². The lowest BCUT2D eigenvalue weighted by Crippen LogP contribution is -2.45. The summed E-state index contributed by atoms with van der Waals surface area (Å²) < 4.78 is 8.40. The van der Waals surface area contributed by atoms with Crippen LogP contribution in [-0.2, 0) is 7.05 Å². The van der Waals surface area contributed by atoms with E-state index in [9.17, 15) is 4.79 Å². The van der Waals surface area contributed by atoms with Crippen LogP contribution < -0.4 is 9.64 Å². The zero-order chi connectivity index (χ0) is 19.7. The molecule has 2 aromatic heterocycles. The monoisotopic (exact) mass is 399 g/mol. The highest BCUT2D eigenvalue weighted by molar-refractivity contribution is 7.22. The molecule has 7 nitrogen and oxygen atoms in total. The van der Waals surface area contributed by atoms with Crippen molar-refractivity contribution in [2.45, 2.75) is 25.8 Å². The van der Waals surface area contributed by atoms with E-state index in [0.717, 1.165) is 47.0 Å². The maximum atomic E-state index is 12.6. The van der Waals surface area contributed by atoms with Crippen molar-refractivity contribution < 1.29 is 9.53 Å². The number of carbonyl (C=O) groups is 1. The molecule has 0 bridgehead atoms. The summed E-state index contributed by atoms with van der Waals surface area (Å²) in [5.41, 5.74) is 1.51. The highest BCUT2D eigenvalue weighted by atomic mass is 32.1. The molecular weight excluding hydrogens is 374 g/mol. The molecular formula is C20H25N5O2S. The average molecular weight is 400 g/mol. The second-order valence-electron chi connectivity index (χ2n) is 7.07. The van der Waals surface area contributed by atoms with E-state index in [0.29, 0.717) is 12.3 Å². The van der Waals surface area contributed by atoms with Crippen molar-refractivity contribution in [1.29, 1.82) is 0 Å². The van der Waals surface area contributed by atoms with Gasteiger partial charge in [0.25, 0.3) is 5.91 Å². The predicted molar refractivity (Wildman–Crippen MR) is 111 cm³/mol. The van der Waals surface area contributed by atoms with E-state index in [2.05, 4.69) is 16.1 Å². The lowest BCUT2D eigenvalue weighted by molar-refractivity contribution is 0.0702. The molecule has 8 heteroatoms. The largest absolute Gasteiger partial charge is 0.494 e. The molecule has 0 saturated carbocycles. The number of hydrogen-bond donors (Lipinski definition) is 0. The molecule has 3 aromatic rings. The number of nitrogens with zero attached hydrogens (tertiary/aromatic N) is 5. The third-order valence-corrected chi connectivity index (χ3v) is 6.27. The molecule has 28 heavy (non-hydrogen) atoms. The van der Waals surface area contributed by atoms with Gasteiger partial charge in [0.15, 0.2) is 5.13 Å². The lowest BCUT2D eigenvalue weighted by atomic mass is 10.0. The molecule has 0 aliphatic carbocycles. The second-order valence-corrected chi connectivity index (χ2v) is 8.08. The topological polar surface area (TPSA) is 63.5 Å². The Hall–Kier alpha value is -2.61. The molecule has 0 radical (unpaired) electrons. The normalized spacial score (nSPS) is 15.2. The number of piperidine rings is 1. The summed E-state index contributed by atoms with van der Waals surface area (Å²) in [5, 5.41) is 5.27. The Morgan fingerprint density at radius 3 is 2.79 bits per heavy atom. The number of fused-ring (bicyclic) bond motifs is 1. The van der Waals surface area contributed by atoms with Crippen molar-refractivity contribution in [1.82, 2.24) is 19.7 Å². The summed E-state index contributed by atoms with van der Waals surface area (Å²) in [5.74, 6) is 0.876. The van der Waals surface area contributed by atoms with E-state index in [-0.39, 0.29) is 11.9 Å². The van der Waals surface area contributed by atoms with Gasteiger partial charge in [-0.2, -0.15) is 5.10 Å². The van der Waals surface area contributed by atoms with Gasteiger partial charge in [-0.1, -0.05) is 11.3 Å². The van der Waals surface area contributed by atoms with Crippen LogP contribution in [0.15, 0.2) is 30.5 Å². The summed E-state index contributed by atoms with van der Waals surface area (Å²) in [6.45, 7) is 4.43. The lowest BCUT2D eigenvalue weighted by Gasteiger charge is -2.36. The summed E-state index contributed by atoms with van der Waals surface area (Å²) in [6.07, 6.45) is 3.65. The van der Waals surface area contributed by atoms with Crippen LogP contribution in [0.4, 0.5) is 5.13 Å². The van der Waals surface area contributed by atoms with Crippen LogP contribution in [0, 0.1) is 0 Å². The summed E-state index contributed by atoms with van der Waals surface area (Å²) >= 11 is 1.70. The number of amides is 1. The van der Waals surface area contributed by atoms with Crippen LogP contribution in [0.3, 0.4) is 0 Å². The van der Waals surface area contributed by atoms with E-state index >= 15 is 0 Å². The van der Waals surface area contributed by atoms with Gasteiger partial charge in [0, 0.05) is 39.4 Å². The number of rotatable bonds is 5. The van der Waals surface area contributed by atoms with Gasteiger partial charge in [-0.3, -0.25) is 9.48 Å². The third kappa shape index (κ3) is 3.69. The van der Waals surface area contributed by atoms with E-state index in [1.165, 1.54) is 0 Å². The quantitative estimate of drug-likeness (QED) is 0.659. The minimum atomic E-state index is -0.0116. The Balaban J connectivity index is 1.41. The van der Waals surface area contributed by atoms with Crippen molar-refractivity contribution in [3.63, 3.8) is 0 Å². The Morgan fingerprint density at radius 1 is 1.32 bits per heavy atom. The van der Waals surface area contributed by atoms with E-state index in [1.54, 1.807) is 28.3 Å². The standard InChI is InChI=1S/C20H25N5O2S/c1-4-27-15-5-6-16-18(13-15)28-20(21-16)25-11-7-14(8-12-25)24(3)19(26)17-9-10-23(2)22-17/h5-6,9-10,13-14H,4,7-8,11-12H2,1-3H3. The Kier molecular flexibility index (Phi) is 5.21. The highest BCUT2D eigenvalue weighted by Crippen LogP contribution is 2.33. The van der Waals surface area contributed by atoms with Crippen molar-refractivity contribution in [3.8, 4) is 5.75 Å². The summed E-state index contributed by atoms with van der Waals surface area (Å²) in [7, 11) is 3.70. The fourth-order valence-corrected chi connectivity index (χ4v) is 4.65. The average Bonchev–Trinajstić information content (AvgIpc) is 3.33. The smallest absolute Gasteiger partial charge is 0.274 e. The zero-order valence-electron chi connectivity index (χ0n) is 16.5. The van der Waals surface area contributed by atoms with Crippen LogP contribution in [-0.4, -0.2) is 58.4 Å². The summed E-state index contributed by atoms with van der Waals surface area (Å²) in [6, 6.07) is 8.05. The minimum absolute atomic E-state index is 0.0116. The fourth-order valence-electron chi connectivity index (χ4n) is 3.60. The molecule has 1 amide bonds. The molecule has 3 heterocycles. The van der Waals surface area contributed by atoms with Gasteiger partial charge in [0.1, 0.15) is 11.4 Å². The number of benzene rings is 1. The van der Waals surface area contributed by atoms with E-state index in [4.69, 9.17) is 9.72 Å². The van der Waals surface area contributed by atoms with Gasteiger partial charge in [-0.15, -0.1) is 0 Å². The molecule has 0 spiro atoms. The number of aromatic nitrogens is 3. The molecule has 1 aromatic carbocycles. The molecule has 0 N–H and O–H groups in total. The maximum Gasteiger partial charge on any atom is 0.274 e. The van der Waals surface area contributed by atoms with Gasteiger partial charge >= 0.3 is 0 Å². The van der Waals surface area contributed by atoms with E-state index in [1.807, 2.05) is 38.1 Å². The van der Waals surface area contributed by atoms with Gasteiger partial charge in [0.2, 0.25) is 0 Å². The molecule has 0 atom stereocenters. The molecule has 1 aliphatic heterocycles. The van der Waals surface area contributed by atoms with Crippen molar-refractivity contribution in [2.75, 3.05) is 31.6 Å². The van der Waals surface area contributed by atoms with Gasteiger partial charge < -0.3 is 14.5 Å². The van der Waals surface area contributed by atoms with Crippen LogP contribution >= 0.6 is 11.3 Å². The van der Waals surface area contributed by atoms with Crippen LogP contribution in [0.1, 0.15) is 30.3 Å². The van der Waals surface area contributed by atoms with Crippen LogP contribution in [0.5, 0.6) is 5.75 Å². The van der Waals surface area contributed by atoms with E-state index < -0.39 is 0 Å². The van der Waals surface area contributed by atoms with Gasteiger partial charge in [-0.05, 0) is 44.0 Å². The molecule has 148 valence electrons. The number of thiazole rings is 1. The first-order valence-corrected chi connectivity index (χ1v) is 10.4. The SMILES string of the molecule is CCOc1ccc2nc(N3CCC(N(C)C(=O)c4ccn(C)n4)CC3)sc2c1. The first-order valence-electron chi connectivity index (χ1n) is 9.60. The number of hydrogen-bond acceptors (Lipinski definition) is 6. The van der Waals surface area contributed by atoms with Crippen molar-refractivity contribution in [2.24, 2.45) is 7.05 Å². The van der Waals surface area contributed by atoms with Crippen molar-refractivity contribution >= 4 is 32.6 Å². The third-order valence-electron chi connectivity index (χ3n) is 5.20. The molecule has 1 saturated heterocycles. The Morgan fingerprint density at radius 2 is 2.11 bits per heavy atom. The van der Waals surface area contributed by atoms with Crippen LogP contribution in [0.2, 0.25) is 0 Å². The number of ether oxygens (including phenoxy) is 1. The zero-order valence-corrected chi connectivity index (χ0v) is 17.3. The minimum Gasteiger partial charge on any atom is -0.494 e. The predicted octanol–water partition coefficient (Wildman–Crippen LogP) is 3.17. The molecule has 4 rings (SSSR count). The van der Waals surface area contributed by atoms with Crippen LogP contribution in [0.25, 0.3) is 10.2 Å². The first kappa shape index (κ1) is 18.7. The van der Waals surface area contributed by atoms with Gasteiger partial charge in [-0.25, -0.2) is 4.98 Å². The number of carbonyl (C=O) groups excluding carboxylic acids is 1. The number of anilines is 1. The maximum absolute atomic E-state index is 12.6.